The van der Waals surface area contributed by atoms with E-state index in [-0.39, 0.29) is 35.0 Å². The molecule has 0 radical (unpaired) electrons. The maximum absolute atomic E-state index is 13.1. The molecule has 1 aliphatic rings. The molecular formula is C41H35N5O7. The van der Waals surface area contributed by atoms with E-state index in [9.17, 15) is 14.4 Å². The molecule has 0 atom stereocenters. The van der Waals surface area contributed by atoms with Crippen molar-refractivity contribution in [1.29, 1.82) is 0 Å². The number of aromatic nitrogens is 3. The Kier molecular flexibility index (Phi) is 10.3. The van der Waals surface area contributed by atoms with Crippen LogP contribution in [0.2, 0.25) is 0 Å². The Labute approximate surface area is 303 Å². The quantitative estimate of drug-likeness (QED) is 0.180. The zero-order valence-electron chi connectivity index (χ0n) is 29.0. The first kappa shape index (κ1) is 34.8. The first-order chi connectivity index (χ1) is 25.9. The summed E-state index contributed by atoms with van der Waals surface area (Å²) in [5.41, 5.74) is 2.04. The van der Waals surface area contributed by atoms with E-state index >= 15 is 0 Å². The standard InChI is InChI=1S/C23H23N3O4.C18H12N2O3/c1-29-20-9-8-18(16-5-2-3-6-17(16)20)22(27)26-19-7-4-12-24-21(19)23(28)25-15-10-13-30-14-11-15;1-22-15-9-8-13(11-5-2-3-6-12(11)15)17-20-14-7-4-10-19-16(14)18(21)23-17/h2-9,12,15H,10-11,13-14H2,1H3,(H,25,28)(H,26,27);2-10H,1H3. The van der Waals surface area contributed by atoms with Gasteiger partial charge in [0.1, 0.15) is 17.0 Å². The number of amides is 2. The number of methoxy groups -OCH3 is 2. The summed E-state index contributed by atoms with van der Waals surface area (Å²) < 4.78 is 21.5. The first-order valence-corrected chi connectivity index (χ1v) is 17.0. The van der Waals surface area contributed by atoms with E-state index in [4.69, 9.17) is 18.6 Å². The molecule has 4 heterocycles. The van der Waals surface area contributed by atoms with Crippen LogP contribution in [0.25, 0.3) is 44.0 Å². The molecule has 12 nitrogen and oxygen atoms in total. The fraction of sp³-hybridized carbons (Fsp3) is 0.171. The summed E-state index contributed by atoms with van der Waals surface area (Å²) in [6.45, 7) is 1.25. The molecule has 1 fully saturated rings. The van der Waals surface area contributed by atoms with Crippen LogP contribution < -0.4 is 25.7 Å². The lowest BCUT2D eigenvalue weighted by Gasteiger charge is -2.23. The summed E-state index contributed by atoms with van der Waals surface area (Å²) in [7, 11) is 3.22. The molecule has 0 saturated carbocycles. The van der Waals surface area contributed by atoms with Crippen LogP contribution in [-0.4, -0.2) is 60.2 Å². The van der Waals surface area contributed by atoms with Gasteiger partial charge in [0.05, 0.1) is 19.9 Å². The molecule has 8 rings (SSSR count). The molecule has 0 aliphatic carbocycles. The van der Waals surface area contributed by atoms with Crippen LogP contribution in [0.15, 0.2) is 119 Å². The molecule has 3 aromatic heterocycles. The summed E-state index contributed by atoms with van der Waals surface area (Å²) in [4.78, 5) is 50.6. The molecular weight excluding hydrogens is 674 g/mol. The Morgan fingerprint density at radius 2 is 1.36 bits per heavy atom. The van der Waals surface area contributed by atoms with Crippen LogP contribution in [0.4, 0.5) is 5.69 Å². The van der Waals surface area contributed by atoms with Gasteiger partial charge in [0.25, 0.3) is 11.8 Å². The van der Waals surface area contributed by atoms with Gasteiger partial charge in [-0.2, -0.15) is 0 Å². The average Bonchev–Trinajstić information content (AvgIpc) is 3.20. The van der Waals surface area contributed by atoms with Crippen molar-refractivity contribution in [3.63, 3.8) is 0 Å². The van der Waals surface area contributed by atoms with E-state index in [1.54, 1.807) is 56.8 Å². The largest absolute Gasteiger partial charge is 0.496 e. The minimum Gasteiger partial charge on any atom is -0.496 e. The van der Waals surface area contributed by atoms with Gasteiger partial charge in [-0.05, 0) is 72.1 Å². The predicted octanol–water partition coefficient (Wildman–Crippen LogP) is 6.82. The topological polar surface area (TPSA) is 155 Å². The van der Waals surface area contributed by atoms with E-state index in [2.05, 4.69) is 25.6 Å². The summed E-state index contributed by atoms with van der Waals surface area (Å²) in [6, 6.07) is 29.4. The van der Waals surface area contributed by atoms with Gasteiger partial charge in [-0.3, -0.25) is 9.59 Å². The fourth-order valence-corrected chi connectivity index (χ4v) is 6.28. The van der Waals surface area contributed by atoms with Gasteiger partial charge in [-0.25, -0.2) is 19.7 Å². The lowest BCUT2D eigenvalue weighted by molar-refractivity contribution is 0.0694. The number of rotatable bonds is 7. The number of benzene rings is 4. The molecule has 7 aromatic rings. The van der Waals surface area contributed by atoms with Crippen LogP contribution in [-0.2, 0) is 4.74 Å². The second-order valence-corrected chi connectivity index (χ2v) is 12.1. The highest BCUT2D eigenvalue weighted by Gasteiger charge is 2.22. The molecule has 12 heteroatoms. The number of nitrogens with one attached hydrogen (secondary N) is 2. The van der Waals surface area contributed by atoms with E-state index < -0.39 is 5.63 Å². The molecule has 0 bridgehead atoms. The van der Waals surface area contributed by atoms with Crippen molar-refractivity contribution in [3.05, 3.63) is 131 Å². The number of nitrogens with zero attached hydrogens (tertiary/aromatic N) is 3. The highest BCUT2D eigenvalue weighted by Crippen LogP contribution is 2.34. The highest BCUT2D eigenvalue weighted by atomic mass is 16.5. The van der Waals surface area contributed by atoms with Crippen molar-refractivity contribution in [2.75, 3.05) is 32.8 Å². The lowest BCUT2D eigenvalue weighted by atomic mass is 10.0. The van der Waals surface area contributed by atoms with Gasteiger partial charge in [0, 0.05) is 53.5 Å². The molecule has 1 aliphatic heterocycles. The van der Waals surface area contributed by atoms with Crippen molar-refractivity contribution in [2.24, 2.45) is 0 Å². The number of carbonyl (C=O) groups excluding carboxylic acids is 2. The lowest BCUT2D eigenvalue weighted by Crippen LogP contribution is -2.39. The maximum Gasteiger partial charge on any atom is 0.365 e. The minimum absolute atomic E-state index is 0.0438. The molecule has 0 unspecified atom stereocenters. The summed E-state index contributed by atoms with van der Waals surface area (Å²) in [6.07, 6.45) is 4.61. The fourth-order valence-electron chi connectivity index (χ4n) is 6.28. The van der Waals surface area contributed by atoms with E-state index in [0.29, 0.717) is 35.7 Å². The third-order valence-electron chi connectivity index (χ3n) is 8.90. The van der Waals surface area contributed by atoms with E-state index in [1.165, 1.54) is 6.20 Å². The van der Waals surface area contributed by atoms with Crippen molar-refractivity contribution < 1.29 is 28.2 Å². The van der Waals surface area contributed by atoms with Crippen LogP contribution in [0, 0.1) is 0 Å². The van der Waals surface area contributed by atoms with Gasteiger partial charge in [-0.1, -0.05) is 48.5 Å². The Balaban J connectivity index is 0.000000170. The highest BCUT2D eigenvalue weighted by molar-refractivity contribution is 6.15. The van der Waals surface area contributed by atoms with Gasteiger partial charge in [0.15, 0.2) is 11.2 Å². The first-order valence-electron chi connectivity index (χ1n) is 17.0. The monoisotopic (exact) mass is 709 g/mol. The number of ether oxygens (including phenoxy) is 3. The number of pyridine rings is 2. The van der Waals surface area contributed by atoms with Gasteiger partial charge in [0.2, 0.25) is 5.89 Å². The number of anilines is 1. The van der Waals surface area contributed by atoms with Gasteiger partial charge in [-0.15, -0.1) is 0 Å². The average molecular weight is 710 g/mol. The van der Waals surface area contributed by atoms with Crippen molar-refractivity contribution in [1.82, 2.24) is 20.3 Å². The van der Waals surface area contributed by atoms with Crippen LogP contribution in [0.3, 0.4) is 0 Å². The van der Waals surface area contributed by atoms with Crippen molar-refractivity contribution >= 4 is 50.1 Å². The third kappa shape index (κ3) is 7.39. The molecule has 266 valence electrons. The Hall–Kier alpha value is -6.66. The summed E-state index contributed by atoms with van der Waals surface area (Å²) >= 11 is 0. The van der Waals surface area contributed by atoms with Gasteiger partial charge < -0.3 is 29.3 Å². The van der Waals surface area contributed by atoms with Gasteiger partial charge >= 0.3 is 5.63 Å². The molecule has 53 heavy (non-hydrogen) atoms. The van der Waals surface area contributed by atoms with E-state index in [0.717, 1.165) is 45.7 Å². The zero-order valence-corrected chi connectivity index (χ0v) is 29.0. The zero-order chi connectivity index (χ0) is 36.7. The molecule has 2 amide bonds. The second-order valence-electron chi connectivity index (χ2n) is 12.1. The minimum atomic E-state index is -0.495. The summed E-state index contributed by atoms with van der Waals surface area (Å²) in [5, 5.41) is 9.29. The molecule has 1 saturated heterocycles. The Morgan fingerprint density at radius 1 is 0.717 bits per heavy atom. The van der Waals surface area contributed by atoms with Crippen LogP contribution >= 0.6 is 0 Å². The predicted molar refractivity (Wildman–Crippen MR) is 202 cm³/mol. The number of carbonyl (C=O) groups is 2. The number of fused-ring (bicyclic) bond motifs is 3. The molecule has 2 N–H and O–H groups in total. The smallest absolute Gasteiger partial charge is 0.365 e. The van der Waals surface area contributed by atoms with E-state index in [1.807, 2.05) is 60.7 Å². The Morgan fingerprint density at radius 3 is 2.09 bits per heavy atom. The number of hydrogen-bond acceptors (Lipinski definition) is 10. The van der Waals surface area contributed by atoms with Crippen molar-refractivity contribution in [2.45, 2.75) is 18.9 Å². The number of hydrogen-bond donors (Lipinski definition) is 2. The molecule has 0 spiro atoms. The maximum atomic E-state index is 13.1. The SMILES string of the molecule is COc1ccc(-c2nc3cccnc3c(=O)o2)c2ccccc12.COc1ccc(C(=O)Nc2cccnc2C(=O)NC2CCOCC2)c2ccccc12. The van der Waals surface area contributed by atoms with Crippen LogP contribution in [0.5, 0.6) is 11.5 Å². The molecule has 4 aromatic carbocycles. The van der Waals surface area contributed by atoms with Crippen molar-refractivity contribution in [3.8, 4) is 23.0 Å². The normalized spacial score (nSPS) is 12.9. The van der Waals surface area contributed by atoms with Crippen LogP contribution in [0.1, 0.15) is 33.7 Å². The Bertz CT molecular complexity index is 2510. The summed E-state index contributed by atoms with van der Waals surface area (Å²) in [5.74, 6) is 1.10. The second kappa shape index (κ2) is 15.7. The third-order valence-corrected chi connectivity index (χ3v) is 8.90.